The second-order valence-corrected chi connectivity index (χ2v) is 3.68. The standard InChI is InChI=1S/C9H14N2O/c12-9-8(6-10-11-9)7-4-2-1-3-5-7/h6-8H,1-5H2,(H,11,12). The van der Waals surface area contributed by atoms with Gasteiger partial charge in [-0.1, -0.05) is 19.3 Å². The van der Waals surface area contributed by atoms with Crippen LogP contribution < -0.4 is 5.43 Å². The van der Waals surface area contributed by atoms with E-state index in [0.29, 0.717) is 5.92 Å². The zero-order chi connectivity index (χ0) is 8.39. The fourth-order valence-corrected chi connectivity index (χ4v) is 2.15. The molecule has 3 heteroatoms. The quantitative estimate of drug-likeness (QED) is 0.626. The first-order valence-corrected chi connectivity index (χ1v) is 4.71. The van der Waals surface area contributed by atoms with Gasteiger partial charge in [-0.25, -0.2) is 5.43 Å². The predicted molar refractivity (Wildman–Crippen MR) is 46.7 cm³/mol. The second kappa shape index (κ2) is 3.25. The highest BCUT2D eigenvalue weighted by molar-refractivity contribution is 5.97. The van der Waals surface area contributed by atoms with Gasteiger partial charge in [0.05, 0.1) is 5.92 Å². The summed E-state index contributed by atoms with van der Waals surface area (Å²) in [5.41, 5.74) is 2.50. The molecule has 0 aromatic rings. The second-order valence-electron chi connectivity index (χ2n) is 3.68. The Morgan fingerprint density at radius 1 is 1.33 bits per heavy atom. The van der Waals surface area contributed by atoms with Gasteiger partial charge in [-0.15, -0.1) is 0 Å². The highest BCUT2D eigenvalue weighted by atomic mass is 16.2. The number of carbonyl (C=O) groups is 1. The lowest BCUT2D eigenvalue weighted by molar-refractivity contribution is -0.123. The van der Waals surface area contributed by atoms with Gasteiger partial charge in [-0.05, 0) is 18.8 Å². The van der Waals surface area contributed by atoms with Crippen LogP contribution in [0, 0.1) is 11.8 Å². The van der Waals surface area contributed by atoms with Crippen molar-refractivity contribution in [3.8, 4) is 0 Å². The molecule has 0 spiro atoms. The summed E-state index contributed by atoms with van der Waals surface area (Å²) in [4.78, 5) is 11.2. The van der Waals surface area contributed by atoms with Gasteiger partial charge in [-0.2, -0.15) is 5.10 Å². The minimum atomic E-state index is 0.0744. The van der Waals surface area contributed by atoms with Crippen molar-refractivity contribution in [2.24, 2.45) is 16.9 Å². The summed E-state index contributed by atoms with van der Waals surface area (Å²) in [5, 5.41) is 3.80. The smallest absolute Gasteiger partial charge is 0.248 e. The van der Waals surface area contributed by atoms with Crippen LogP contribution in [-0.2, 0) is 4.79 Å². The number of carbonyl (C=O) groups excluding carboxylic acids is 1. The number of amides is 1. The molecule has 0 bridgehead atoms. The maximum atomic E-state index is 11.2. The monoisotopic (exact) mass is 166 g/mol. The van der Waals surface area contributed by atoms with E-state index in [9.17, 15) is 4.79 Å². The van der Waals surface area contributed by atoms with Crippen LogP contribution in [0.1, 0.15) is 32.1 Å². The van der Waals surface area contributed by atoms with Gasteiger partial charge in [0, 0.05) is 6.21 Å². The van der Waals surface area contributed by atoms with E-state index in [1.54, 1.807) is 6.21 Å². The minimum absolute atomic E-state index is 0.0744. The molecule has 1 heterocycles. The molecular weight excluding hydrogens is 152 g/mol. The lowest BCUT2D eigenvalue weighted by Crippen LogP contribution is -2.28. The average molecular weight is 166 g/mol. The van der Waals surface area contributed by atoms with Crippen molar-refractivity contribution >= 4 is 12.1 Å². The summed E-state index contributed by atoms with van der Waals surface area (Å²) in [6.07, 6.45) is 8.07. The summed E-state index contributed by atoms with van der Waals surface area (Å²) in [6, 6.07) is 0. The van der Waals surface area contributed by atoms with Gasteiger partial charge in [0.1, 0.15) is 0 Å². The lowest BCUT2D eigenvalue weighted by atomic mass is 9.80. The Morgan fingerprint density at radius 2 is 2.08 bits per heavy atom. The molecule has 0 saturated heterocycles. The Bertz CT molecular complexity index is 207. The Labute approximate surface area is 72.2 Å². The third-order valence-corrected chi connectivity index (χ3v) is 2.87. The molecule has 0 radical (unpaired) electrons. The van der Waals surface area contributed by atoms with Crippen LogP contribution in [0.4, 0.5) is 0 Å². The van der Waals surface area contributed by atoms with E-state index in [2.05, 4.69) is 10.5 Å². The van der Waals surface area contributed by atoms with E-state index in [1.165, 1.54) is 32.1 Å². The lowest BCUT2D eigenvalue weighted by Gasteiger charge is -2.23. The van der Waals surface area contributed by atoms with Crippen LogP contribution in [0.5, 0.6) is 0 Å². The SMILES string of the molecule is O=C1NN=CC1C1CCCCC1. The maximum absolute atomic E-state index is 11.2. The van der Waals surface area contributed by atoms with Gasteiger partial charge in [0.15, 0.2) is 0 Å². The molecule has 12 heavy (non-hydrogen) atoms. The molecule has 1 aliphatic carbocycles. The molecule has 0 aromatic heterocycles. The summed E-state index contributed by atoms with van der Waals surface area (Å²) in [6.45, 7) is 0. The molecule has 1 saturated carbocycles. The predicted octanol–water partition coefficient (Wildman–Crippen LogP) is 1.30. The van der Waals surface area contributed by atoms with Gasteiger partial charge in [0.25, 0.3) is 0 Å². The van der Waals surface area contributed by atoms with Gasteiger partial charge in [-0.3, -0.25) is 4.79 Å². The van der Waals surface area contributed by atoms with E-state index in [-0.39, 0.29) is 11.8 Å². The van der Waals surface area contributed by atoms with Crippen LogP contribution >= 0.6 is 0 Å². The van der Waals surface area contributed by atoms with Crippen LogP contribution in [0.2, 0.25) is 0 Å². The van der Waals surface area contributed by atoms with E-state index in [4.69, 9.17) is 0 Å². The summed E-state index contributed by atoms with van der Waals surface area (Å²) < 4.78 is 0. The van der Waals surface area contributed by atoms with Crippen molar-refractivity contribution < 1.29 is 4.79 Å². The summed E-state index contributed by atoms with van der Waals surface area (Å²) in [7, 11) is 0. The van der Waals surface area contributed by atoms with Crippen LogP contribution in [0.3, 0.4) is 0 Å². The van der Waals surface area contributed by atoms with Crippen molar-refractivity contribution in [1.29, 1.82) is 0 Å². The number of hydrogen-bond acceptors (Lipinski definition) is 2. The first-order chi connectivity index (χ1) is 5.88. The molecule has 2 rings (SSSR count). The molecule has 3 nitrogen and oxygen atoms in total. The van der Waals surface area contributed by atoms with Gasteiger partial charge < -0.3 is 0 Å². The molecule has 1 fully saturated rings. The Hall–Kier alpha value is -0.860. The molecular formula is C9H14N2O. The molecule has 2 aliphatic rings. The Kier molecular flexibility index (Phi) is 2.11. The Morgan fingerprint density at radius 3 is 2.67 bits per heavy atom. The zero-order valence-electron chi connectivity index (χ0n) is 7.12. The molecule has 1 aliphatic heterocycles. The topological polar surface area (TPSA) is 41.5 Å². The first-order valence-electron chi connectivity index (χ1n) is 4.71. The summed E-state index contributed by atoms with van der Waals surface area (Å²) in [5.74, 6) is 0.734. The average Bonchev–Trinajstić information content (AvgIpc) is 2.53. The molecule has 1 atom stereocenters. The fourth-order valence-electron chi connectivity index (χ4n) is 2.15. The normalized spacial score (nSPS) is 30.7. The van der Waals surface area contributed by atoms with Crippen molar-refractivity contribution in [2.45, 2.75) is 32.1 Å². The third kappa shape index (κ3) is 1.36. The van der Waals surface area contributed by atoms with E-state index >= 15 is 0 Å². The largest absolute Gasteiger partial charge is 0.272 e. The highest BCUT2D eigenvalue weighted by Gasteiger charge is 2.30. The van der Waals surface area contributed by atoms with Crippen molar-refractivity contribution in [3.63, 3.8) is 0 Å². The maximum Gasteiger partial charge on any atom is 0.248 e. The number of nitrogens with one attached hydrogen (secondary N) is 1. The van der Waals surface area contributed by atoms with Crippen LogP contribution in [0.25, 0.3) is 0 Å². The van der Waals surface area contributed by atoms with Crippen molar-refractivity contribution in [2.75, 3.05) is 0 Å². The van der Waals surface area contributed by atoms with Gasteiger partial charge in [0.2, 0.25) is 5.91 Å². The third-order valence-electron chi connectivity index (χ3n) is 2.87. The molecule has 1 amide bonds. The van der Waals surface area contributed by atoms with Crippen molar-refractivity contribution in [3.05, 3.63) is 0 Å². The molecule has 1 N–H and O–H groups in total. The van der Waals surface area contributed by atoms with E-state index in [0.717, 1.165) is 0 Å². The van der Waals surface area contributed by atoms with Crippen LogP contribution in [-0.4, -0.2) is 12.1 Å². The Balaban J connectivity index is 1.97. The zero-order valence-corrected chi connectivity index (χ0v) is 7.12. The molecule has 0 aromatic carbocycles. The number of rotatable bonds is 1. The molecule has 1 unspecified atom stereocenters. The van der Waals surface area contributed by atoms with E-state index in [1.807, 2.05) is 0 Å². The van der Waals surface area contributed by atoms with Crippen LogP contribution in [0.15, 0.2) is 5.10 Å². The minimum Gasteiger partial charge on any atom is -0.272 e. The van der Waals surface area contributed by atoms with Gasteiger partial charge >= 0.3 is 0 Å². The number of hydrazone groups is 1. The first kappa shape index (κ1) is 7.77. The number of hydrogen-bond donors (Lipinski definition) is 1. The van der Waals surface area contributed by atoms with Crippen molar-refractivity contribution in [1.82, 2.24) is 5.43 Å². The fraction of sp³-hybridized carbons (Fsp3) is 0.778. The summed E-state index contributed by atoms with van der Waals surface area (Å²) >= 11 is 0. The number of nitrogens with zero attached hydrogens (tertiary/aromatic N) is 1. The highest BCUT2D eigenvalue weighted by Crippen LogP contribution is 2.30. The van der Waals surface area contributed by atoms with E-state index < -0.39 is 0 Å². The molecule has 66 valence electrons.